The smallest absolute Gasteiger partial charge is 0.313 e. The van der Waals surface area contributed by atoms with E-state index < -0.39 is 17.9 Å². The Labute approximate surface area is 149 Å². The van der Waals surface area contributed by atoms with E-state index in [-0.39, 0.29) is 12.5 Å². The van der Waals surface area contributed by atoms with Gasteiger partial charge in [0, 0.05) is 29.7 Å². The summed E-state index contributed by atoms with van der Waals surface area (Å²) in [6.07, 6.45) is -0.861. The quantitative estimate of drug-likeness (QED) is 0.609. The molecule has 0 saturated heterocycles. The molecule has 0 fully saturated rings. The van der Waals surface area contributed by atoms with Gasteiger partial charge < -0.3 is 21.1 Å². The van der Waals surface area contributed by atoms with Gasteiger partial charge in [0.1, 0.15) is 6.10 Å². The molecule has 2 rings (SSSR count). The Morgan fingerprint density at radius 1 is 1.12 bits per heavy atom. The molecule has 132 valence electrons. The first-order valence-corrected chi connectivity index (χ1v) is 8.43. The number of carbonyl (C=O) groups excluding carboxylic acids is 3. The average Bonchev–Trinajstić information content (AvgIpc) is 2.98. The molecule has 25 heavy (non-hydrogen) atoms. The highest BCUT2D eigenvalue weighted by molar-refractivity contribution is 7.10. The van der Waals surface area contributed by atoms with Crippen LogP contribution in [0.25, 0.3) is 0 Å². The second-order valence-corrected chi connectivity index (χ2v) is 6.36. The van der Waals surface area contributed by atoms with Crippen molar-refractivity contribution in [2.24, 2.45) is 0 Å². The number of benzene rings is 1. The van der Waals surface area contributed by atoms with Gasteiger partial charge in [0.05, 0.1) is 0 Å². The van der Waals surface area contributed by atoms with Gasteiger partial charge in [-0.25, -0.2) is 0 Å². The molecule has 0 aliphatic carbocycles. The van der Waals surface area contributed by atoms with Crippen LogP contribution in [-0.2, 0) is 14.4 Å². The number of hydrogen-bond acceptors (Lipinski definition) is 5. The third-order valence-corrected chi connectivity index (χ3v) is 4.43. The van der Waals surface area contributed by atoms with Crippen molar-refractivity contribution in [1.29, 1.82) is 0 Å². The van der Waals surface area contributed by atoms with Crippen LogP contribution in [0.1, 0.15) is 23.5 Å². The normalized spacial score (nSPS) is 11.5. The lowest BCUT2D eigenvalue weighted by Gasteiger charge is -2.12. The lowest BCUT2D eigenvalue weighted by molar-refractivity contribution is -0.136. The lowest BCUT2D eigenvalue weighted by atomic mass is 10.2. The molecule has 1 aromatic heterocycles. The van der Waals surface area contributed by atoms with Gasteiger partial charge in [0.2, 0.25) is 5.91 Å². The van der Waals surface area contributed by atoms with Gasteiger partial charge in [-0.05, 0) is 42.1 Å². The standard InChI is InChI=1S/C17H19N3O4S/c1-10-6-7-25-15(10)14(22)9-18-16(23)17(24)20-13-5-3-4-12(8-13)19-11(2)21/h3-8,14,22H,9H2,1-2H3,(H,18,23)(H,19,21)(H,20,24). The van der Waals surface area contributed by atoms with Crippen LogP contribution in [0.5, 0.6) is 0 Å². The molecule has 0 aliphatic heterocycles. The summed E-state index contributed by atoms with van der Waals surface area (Å²) in [6, 6.07) is 8.32. The second kappa shape index (κ2) is 8.41. The summed E-state index contributed by atoms with van der Waals surface area (Å²) in [5, 5.41) is 19.3. The molecule has 0 saturated carbocycles. The zero-order valence-electron chi connectivity index (χ0n) is 13.8. The molecule has 8 heteroatoms. The number of carbonyl (C=O) groups is 3. The predicted molar refractivity (Wildman–Crippen MR) is 96.4 cm³/mol. The molecule has 1 atom stereocenters. The molecule has 1 unspecified atom stereocenters. The van der Waals surface area contributed by atoms with Crippen molar-refractivity contribution >= 4 is 40.4 Å². The van der Waals surface area contributed by atoms with Crippen molar-refractivity contribution in [2.45, 2.75) is 20.0 Å². The summed E-state index contributed by atoms with van der Waals surface area (Å²) < 4.78 is 0. The summed E-state index contributed by atoms with van der Waals surface area (Å²) >= 11 is 1.39. The van der Waals surface area contributed by atoms with E-state index in [1.165, 1.54) is 24.3 Å². The highest BCUT2D eigenvalue weighted by Crippen LogP contribution is 2.23. The summed E-state index contributed by atoms with van der Waals surface area (Å²) in [5.74, 6) is -1.94. The summed E-state index contributed by atoms with van der Waals surface area (Å²) in [5.41, 5.74) is 1.82. The molecule has 1 heterocycles. The van der Waals surface area contributed by atoms with Crippen LogP contribution in [-0.4, -0.2) is 29.4 Å². The van der Waals surface area contributed by atoms with Crippen LogP contribution in [0.15, 0.2) is 35.7 Å². The van der Waals surface area contributed by atoms with Gasteiger partial charge in [-0.15, -0.1) is 11.3 Å². The van der Waals surface area contributed by atoms with Crippen LogP contribution < -0.4 is 16.0 Å². The molecule has 2 aromatic rings. The lowest BCUT2D eigenvalue weighted by Crippen LogP contribution is -2.37. The minimum absolute atomic E-state index is 0.0560. The number of hydrogen-bond donors (Lipinski definition) is 4. The highest BCUT2D eigenvalue weighted by atomic mass is 32.1. The maximum Gasteiger partial charge on any atom is 0.313 e. The van der Waals surface area contributed by atoms with E-state index in [0.29, 0.717) is 11.4 Å². The van der Waals surface area contributed by atoms with Crippen LogP contribution in [0, 0.1) is 6.92 Å². The van der Waals surface area contributed by atoms with Gasteiger partial charge >= 0.3 is 11.8 Å². The maximum absolute atomic E-state index is 11.9. The fourth-order valence-electron chi connectivity index (χ4n) is 2.15. The van der Waals surface area contributed by atoms with Gasteiger partial charge in [-0.1, -0.05) is 6.07 Å². The van der Waals surface area contributed by atoms with Crippen molar-refractivity contribution in [3.8, 4) is 0 Å². The van der Waals surface area contributed by atoms with Gasteiger partial charge in [0.25, 0.3) is 0 Å². The topological polar surface area (TPSA) is 108 Å². The molecule has 7 nitrogen and oxygen atoms in total. The number of amides is 3. The number of rotatable bonds is 5. The minimum atomic E-state index is -0.861. The zero-order valence-corrected chi connectivity index (χ0v) is 14.6. The molecule has 1 aromatic carbocycles. The van der Waals surface area contributed by atoms with Crippen LogP contribution in [0.3, 0.4) is 0 Å². The van der Waals surface area contributed by atoms with Crippen molar-refractivity contribution in [3.05, 3.63) is 46.2 Å². The summed E-state index contributed by atoms with van der Waals surface area (Å²) in [4.78, 5) is 35.6. The number of thiophene rings is 1. The monoisotopic (exact) mass is 361 g/mol. The Balaban J connectivity index is 1.89. The number of aryl methyl sites for hydroxylation is 1. The largest absolute Gasteiger partial charge is 0.386 e. The predicted octanol–water partition coefficient (Wildman–Crippen LogP) is 1.80. The highest BCUT2D eigenvalue weighted by Gasteiger charge is 2.17. The van der Waals surface area contributed by atoms with E-state index in [4.69, 9.17) is 0 Å². The second-order valence-electron chi connectivity index (χ2n) is 5.41. The van der Waals surface area contributed by atoms with E-state index >= 15 is 0 Å². The molecule has 3 amide bonds. The van der Waals surface area contributed by atoms with Crippen molar-refractivity contribution < 1.29 is 19.5 Å². The first-order chi connectivity index (χ1) is 11.9. The first-order valence-electron chi connectivity index (χ1n) is 7.55. The molecule has 0 spiro atoms. The molecule has 4 N–H and O–H groups in total. The molecular weight excluding hydrogens is 342 g/mol. The fraction of sp³-hybridized carbons (Fsp3) is 0.235. The molecule has 0 aliphatic rings. The molecular formula is C17H19N3O4S. The Morgan fingerprint density at radius 2 is 1.80 bits per heavy atom. The van der Waals surface area contributed by atoms with E-state index in [2.05, 4.69) is 16.0 Å². The third kappa shape index (κ3) is 5.40. The van der Waals surface area contributed by atoms with Gasteiger partial charge in [0.15, 0.2) is 0 Å². The van der Waals surface area contributed by atoms with E-state index in [0.717, 1.165) is 10.4 Å². The number of aliphatic hydroxyl groups excluding tert-OH is 1. The van der Waals surface area contributed by atoms with Crippen LogP contribution >= 0.6 is 11.3 Å². The Bertz CT molecular complexity index is 788. The van der Waals surface area contributed by atoms with Gasteiger partial charge in [-0.2, -0.15) is 0 Å². The summed E-state index contributed by atoms with van der Waals surface area (Å²) in [7, 11) is 0. The minimum Gasteiger partial charge on any atom is -0.386 e. The Hall–Kier alpha value is -2.71. The third-order valence-electron chi connectivity index (χ3n) is 3.31. The molecule has 0 bridgehead atoms. The van der Waals surface area contributed by atoms with Crippen molar-refractivity contribution in [3.63, 3.8) is 0 Å². The zero-order chi connectivity index (χ0) is 18.4. The number of aliphatic hydroxyl groups is 1. The van der Waals surface area contributed by atoms with Crippen molar-refractivity contribution in [2.75, 3.05) is 17.2 Å². The van der Waals surface area contributed by atoms with Gasteiger partial charge in [-0.3, -0.25) is 14.4 Å². The maximum atomic E-state index is 11.9. The summed E-state index contributed by atoms with van der Waals surface area (Å²) in [6.45, 7) is 3.19. The Kier molecular flexibility index (Phi) is 6.26. The SMILES string of the molecule is CC(=O)Nc1cccc(NC(=O)C(=O)NCC(O)c2sccc2C)c1. The Morgan fingerprint density at radius 3 is 2.40 bits per heavy atom. The average molecular weight is 361 g/mol. The molecule has 0 radical (unpaired) electrons. The van der Waals surface area contributed by atoms with E-state index in [9.17, 15) is 19.5 Å². The first kappa shape index (κ1) is 18.6. The van der Waals surface area contributed by atoms with E-state index in [1.54, 1.807) is 18.2 Å². The van der Waals surface area contributed by atoms with Crippen LogP contribution in [0.2, 0.25) is 0 Å². The number of anilines is 2. The van der Waals surface area contributed by atoms with Crippen LogP contribution in [0.4, 0.5) is 11.4 Å². The number of nitrogens with one attached hydrogen (secondary N) is 3. The van der Waals surface area contributed by atoms with Crippen molar-refractivity contribution in [1.82, 2.24) is 5.32 Å². The van der Waals surface area contributed by atoms with E-state index in [1.807, 2.05) is 18.4 Å². The fourth-order valence-corrected chi connectivity index (χ4v) is 3.07.